The van der Waals surface area contributed by atoms with Gasteiger partial charge in [-0.2, -0.15) is 0 Å². The lowest BCUT2D eigenvalue weighted by atomic mass is 10.0. The predicted octanol–water partition coefficient (Wildman–Crippen LogP) is 7.59. The zero-order chi connectivity index (χ0) is 48.4. The fraction of sp³-hybridized carbons (Fsp3) is 0.388. The van der Waals surface area contributed by atoms with E-state index < -0.39 is 67.7 Å². The zero-order valence-corrected chi connectivity index (χ0v) is 39.9. The molecule has 0 aliphatic heterocycles. The second-order valence-electron chi connectivity index (χ2n) is 17.8. The maximum Gasteiger partial charge on any atom is 0.412 e. The molecule has 17 heteroatoms. The Morgan fingerprint density at radius 1 is 0.652 bits per heavy atom. The molecule has 0 bridgehead atoms. The van der Waals surface area contributed by atoms with E-state index >= 15 is 0 Å². The molecule has 4 rings (SSSR count). The van der Waals surface area contributed by atoms with Gasteiger partial charge in [-0.05, 0) is 92.4 Å². The number of amides is 4. The molecule has 66 heavy (non-hydrogen) atoms. The minimum atomic E-state index is -1.53. The SMILES string of the molecule is CCOC(=O)[C@H](Cc1ccc(NC(=O)OCc2ccccc2)c(Oc2ccc(C[C@H](NC(C)=O)C(=O)N[C@@H](Cc3ccc(O)cc3)C(=O)OCC[Si](C)(C)C)cc2)c1)NC(=O)OC(C)(C)C. The van der Waals surface area contributed by atoms with Crippen molar-refractivity contribution in [2.24, 2.45) is 0 Å². The Hall–Kier alpha value is -6.88. The molecule has 0 unspecified atom stereocenters. The number of carbonyl (C=O) groups is 6. The molecule has 4 aromatic rings. The second kappa shape index (κ2) is 24.4. The molecule has 354 valence electrons. The maximum absolute atomic E-state index is 13.8. The van der Waals surface area contributed by atoms with Gasteiger partial charge in [-0.1, -0.05) is 80.3 Å². The molecule has 3 atom stereocenters. The molecule has 0 spiro atoms. The van der Waals surface area contributed by atoms with Crippen LogP contribution in [0.3, 0.4) is 0 Å². The van der Waals surface area contributed by atoms with Crippen LogP contribution in [0.15, 0.2) is 97.1 Å². The first-order chi connectivity index (χ1) is 31.2. The first kappa shape index (κ1) is 51.7. The lowest BCUT2D eigenvalue weighted by molar-refractivity contribution is -0.147. The Morgan fingerprint density at radius 3 is 1.83 bits per heavy atom. The summed E-state index contributed by atoms with van der Waals surface area (Å²) in [6.07, 6.45) is -1.46. The average molecular weight is 927 g/mol. The van der Waals surface area contributed by atoms with E-state index in [9.17, 15) is 33.9 Å². The largest absolute Gasteiger partial charge is 0.508 e. The summed E-state index contributed by atoms with van der Waals surface area (Å²) in [4.78, 5) is 78.3. The molecule has 0 fully saturated rings. The highest BCUT2D eigenvalue weighted by Crippen LogP contribution is 2.32. The summed E-state index contributed by atoms with van der Waals surface area (Å²) in [6, 6.07) is 24.4. The van der Waals surface area contributed by atoms with Crippen LogP contribution in [0.1, 0.15) is 56.9 Å². The summed E-state index contributed by atoms with van der Waals surface area (Å²) in [6.45, 7) is 14.8. The highest BCUT2D eigenvalue weighted by Gasteiger charge is 2.29. The molecule has 0 saturated heterocycles. The number of hydrogen-bond acceptors (Lipinski definition) is 12. The topological polar surface area (TPSA) is 217 Å². The molecule has 0 aliphatic carbocycles. The molecule has 0 saturated carbocycles. The van der Waals surface area contributed by atoms with Crippen LogP contribution in [0, 0.1) is 0 Å². The number of anilines is 1. The van der Waals surface area contributed by atoms with Gasteiger partial charge in [0.2, 0.25) is 11.8 Å². The van der Waals surface area contributed by atoms with Crippen LogP contribution in [-0.4, -0.2) is 86.1 Å². The van der Waals surface area contributed by atoms with Crippen molar-refractivity contribution in [3.05, 3.63) is 119 Å². The van der Waals surface area contributed by atoms with E-state index in [0.29, 0.717) is 22.4 Å². The van der Waals surface area contributed by atoms with Crippen molar-refractivity contribution in [1.29, 1.82) is 0 Å². The molecule has 4 aromatic carbocycles. The highest BCUT2D eigenvalue weighted by atomic mass is 28.3. The van der Waals surface area contributed by atoms with Crippen LogP contribution >= 0.6 is 0 Å². The van der Waals surface area contributed by atoms with Crippen molar-refractivity contribution >= 4 is 49.7 Å². The number of esters is 2. The van der Waals surface area contributed by atoms with E-state index in [1.807, 2.05) is 30.3 Å². The fourth-order valence-electron chi connectivity index (χ4n) is 6.27. The second-order valence-corrected chi connectivity index (χ2v) is 23.4. The third-order valence-electron chi connectivity index (χ3n) is 9.56. The summed E-state index contributed by atoms with van der Waals surface area (Å²) in [5.41, 5.74) is 2.04. The molecule has 16 nitrogen and oxygen atoms in total. The number of benzene rings is 4. The number of hydrogen-bond donors (Lipinski definition) is 5. The Bertz CT molecular complexity index is 2260. The lowest BCUT2D eigenvalue weighted by Gasteiger charge is -2.23. The molecule has 4 amide bonds. The van der Waals surface area contributed by atoms with E-state index in [4.69, 9.17) is 23.7 Å². The molecular weight excluding hydrogens is 865 g/mol. The first-order valence-electron chi connectivity index (χ1n) is 21.7. The summed E-state index contributed by atoms with van der Waals surface area (Å²) in [5.74, 6) is -1.81. The Kier molecular flexibility index (Phi) is 19.1. The zero-order valence-electron chi connectivity index (χ0n) is 38.9. The van der Waals surface area contributed by atoms with Crippen LogP contribution in [0.4, 0.5) is 15.3 Å². The van der Waals surface area contributed by atoms with Crippen molar-refractivity contribution in [3.63, 3.8) is 0 Å². The number of rotatable bonds is 21. The number of nitrogens with one attached hydrogen (secondary N) is 4. The minimum Gasteiger partial charge on any atom is -0.508 e. The number of phenolic OH excluding ortho intramolecular Hbond substituents is 1. The Balaban J connectivity index is 1.56. The van der Waals surface area contributed by atoms with Gasteiger partial charge >= 0.3 is 24.1 Å². The fourth-order valence-corrected chi connectivity index (χ4v) is 6.99. The summed E-state index contributed by atoms with van der Waals surface area (Å²) >= 11 is 0. The van der Waals surface area contributed by atoms with Crippen molar-refractivity contribution in [2.45, 2.75) is 110 Å². The van der Waals surface area contributed by atoms with Crippen LogP contribution < -0.4 is 26.0 Å². The van der Waals surface area contributed by atoms with Gasteiger partial charge in [-0.25, -0.2) is 19.2 Å². The van der Waals surface area contributed by atoms with Gasteiger partial charge in [0, 0.05) is 34.3 Å². The Morgan fingerprint density at radius 2 is 1.23 bits per heavy atom. The molecule has 0 radical (unpaired) electrons. The monoisotopic (exact) mass is 926 g/mol. The standard InChI is InChI=1S/C49H62N4O12Si/c1-9-61-45(57)42(53-48(60)65-49(3,4)5)29-36-19-24-39(52-47(59)63-31-35-13-11-10-12-14-35)43(30-36)64-38-22-17-34(18-23-38)27-40(50-32(2)54)44(56)51-41(28-33-15-20-37(55)21-16-33)46(58)62-25-26-66(6,7)8/h10-24,30,40-42,55H,9,25-29,31H2,1-8H3,(H,50,54)(H,51,56)(H,52,59)(H,53,60)/t40-,41-,42-/m0/s1. The molecule has 0 aliphatic rings. The number of aromatic hydroxyl groups is 1. The normalized spacial score (nSPS) is 12.6. The predicted molar refractivity (Wildman–Crippen MR) is 251 cm³/mol. The van der Waals surface area contributed by atoms with Crippen LogP contribution in [0.25, 0.3) is 0 Å². The van der Waals surface area contributed by atoms with E-state index in [1.54, 1.807) is 82.3 Å². The third-order valence-corrected chi connectivity index (χ3v) is 11.3. The van der Waals surface area contributed by atoms with Gasteiger partial charge in [-0.15, -0.1) is 0 Å². The molecule has 5 N–H and O–H groups in total. The van der Waals surface area contributed by atoms with Crippen LogP contribution in [-0.2, 0) is 64.0 Å². The van der Waals surface area contributed by atoms with Gasteiger partial charge in [-0.3, -0.25) is 14.9 Å². The van der Waals surface area contributed by atoms with Crippen LogP contribution in [0.5, 0.6) is 17.2 Å². The van der Waals surface area contributed by atoms with Gasteiger partial charge < -0.3 is 44.7 Å². The lowest BCUT2D eigenvalue weighted by Crippen LogP contribution is -2.53. The van der Waals surface area contributed by atoms with E-state index in [0.717, 1.165) is 11.6 Å². The van der Waals surface area contributed by atoms with Crippen molar-refractivity contribution in [3.8, 4) is 17.2 Å². The van der Waals surface area contributed by atoms with Gasteiger partial charge in [0.15, 0.2) is 5.75 Å². The minimum absolute atomic E-state index is 0.0132. The smallest absolute Gasteiger partial charge is 0.412 e. The number of alkyl carbamates (subject to hydrolysis) is 1. The number of phenols is 1. The van der Waals surface area contributed by atoms with Crippen molar-refractivity contribution in [1.82, 2.24) is 16.0 Å². The Labute approximate surface area is 387 Å². The number of ether oxygens (including phenoxy) is 5. The van der Waals surface area contributed by atoms with E-state index in [-0.39, 0.29) is 56.3 Å². The summed E-state index contributed by atoms with van der Waals surface area (Å²) in [5, 5.41) is 20.6. The first-order valence-corrected chi connectivity index (χ1v) is 25.4. The van der Waals surface area contributed by atoms with Crippen LogP contribution in [0.2, 0.25) is 25.7 Å². The quantitative estimate of drug-likeness (QED) is 0.0310. The van der Waals surface area contributed by atoms with E-state index in [2.05, 4.69) is 40.9 Å². The van der Waals surface area contributed by atoms with Gasteiger partial charge in [0.05, 0.1) is 18.9 Å². The van der Waals surface area contributed by atoms with Gasteiger partial charge in [0.25, 0.3) is 0 Å². The third kappa shape index (κ3) is 18.7. The van der Waals surface area contributed by atoms with Crippen molar-refractivity contribution < 1.29 is 57.6 Å². The average Bonchev–Trinajstić information content (AvgIpc) is 3.23. The summed E-state index contributed by atoms with van der Waals surface area (Å²) in [7, 11) is -1.53. The molecular formula is C49H62N4O12Si. The van der Waals surface area contributed by atoms with E-state index in [1.165, 1.54) is 19.1 Å². The van der Waals surface area contributed by atoms with Gasteiger partial charge in [0.1, 0.15) is 41.8 Å². The highest BCUT2D eigenvalue weighted by molar-refractivity contribution is 6.76. The van der Waals surface area contributed by atoms with Crippen molar-refractivity contribution in [2.75, 3.05) is 18.5 Å². The maximum atomic E-state index is 13.8. The molecule has 0 heterocycles. The molecule has 0 aromatic heterocycles. The summed E-state index contributed by atoms with van der Waals surface area (Å²) < 4.78 is 28.0. The number of carbonyl (C=O) groups excluding carboxylic acids is 6.